The summed E-state index contributed by atoms with van der Waals surface area (Å²) >= 11 is 0. The van der Waals surface area contributed by atoms with Crippen molar-refractivity contribution < 1.29 is 5.21 Å². The number of oxime groups is 1. The van der Waals surface area contributed by atoms with Gasteiger partial charge in [-0.2, -0.15) is 0 Å². The Hall–Kier alpha value is -1.78. The average molecular weight is 264 g/mol. The Morgan fingerprint density at radius 2 is 2.11 bits per heavy atom. The van der Waals surface area contributed by atoms with E-state index >= 15 is 0 Å². The standard InChI is InChI=1S/C14H24N4O/c1-5-18(9-8-12(15)17-19)13-7-6-11(10-16-13)14(2,3)4/h6-7,10,19H,5,8-9H2,1-4H3,(H2,15,17). The predicted molar refractivity (Wildman–Crippen MR) is 78.8 cm³/mol. The van der Waals surface area contributed by atoms with Gasteiger partial charge in [0.25, 0.3) is 0 Å². The third-order valence-electron chi connectivity index (χ3n) is 3.09. The topological polar surface area (TPSA) is 74.7 Å². The number of rotatable bonds is 5. The van der Waals surface area contributed by atoms with Gasteiger partial charge in [0.15, 0.2) is 0 Å². The van der Waals surface area contributed by atoms with E-state index < -0.39 is 0 Å². The Morgan fingerprint density at radius 3 is 2.53 bits per heavy atom. The summed E-state index contributed by atoms with van der Waals surface area (Å²) in [6, 6.07) is 4.13. The average Bonchev–Trinajstić information content (AvgIpc) is 2.38. The van der Waals surface area contributed by atoms with Crippen LogP contribution in [0.5, 0.6) is 0 Å². The number of hydrogen-bond donors (Lipinski definition) is 2. The third kappa shape index (κ3) is 4.43. The lowest BCUT2D eigenvalue weighted by Crippen LogP contribution is -2.28. The molecule has 0 saturated heterocycles. The molecular formula is C14H24N4O. The summed E-state index contributed by atoms with van der Waals surface area (Å²) < 4.78 is 0. The van der Waals surface area contributed by atoms with E-state index in [0.717, 1.165) is 12.4 Å². The van der Waals surface area contributed by atoms with Crippen LogP contribution in [0.25, 0.3) is 0 Å². The SMILES string of the molecule is CCN(CC/C(N)=N/O)c1ccc(C(C)(C)C)cn1. The molecule has 0 aromatic carbocycles. The van der Waals surface area contributed by atoms with Crippen molar-refractivity contribution in [2.75, 3.05) is 18.0 Å². The maximum Gasteiger partial charge on any atom is 0.140 e. The molecule has 0 aliphatic heterocycles. The van der Waals surface area contributed by atoms with Gasteiger partial charge in [-0.05, 0) is 24.0 Å². The molecule has 1 aromatic rings. The fourth-order valence-electron chi connectivity index (χ4n) is 1.75. The molecule has 0 bridgehead atoms. The van der Waals surface area contributed by atoms with Crippen molar-refractivity contribution in [2.24, 2.45) is 10.9 Å². The Bertz CT molecular complexity index is 420. The highest BCUT2D eigenvalue weighted by atomic mass is 16.4. The fourth-order valence-corrected chi connectivity index (χ4v) is 1.75. The Morgan fingerprint density at radius 1 is 1.42 bits per heavy atom. The van der Waals surface area contributed by atoms with Crippen molar-refractivity contribution in [1.82, 2.24) is 4.98 Å². The summed E-state index contributed by atoms with van der Waals surface area (Å²) in [6.45, 7) is 10.1. The molecule has 0 atom stereocenters. The van der Waals surface area contributed by atoms with Crippen LogP contribution >= 0.6 is 0 Å². The first-order chi connectivity index (χ1) is 8.88. The zero-order chi connectivity index (χ0) is 14.5. The molecule has 0 spiro atoms. The molecule has 0 unspecified atom stereocenters. The van der Waals surface area contributed by atoms with Crippen LogP contribution in [0.3, 0.4) is 0 Å². The Kier molecular flexibility index (Phi) is 5.15. The number of amidine groups is 1. The molecule has 0 aliphatic rings. The lowest BCUT2D eigenvalue weighted by Gasteiger charge is -2.23. The van der Waals surface area contributed by atoms with Crippen LogP contribution in [0, 0.1) is 0 Å². The fraction of sp³-hybridized carbons (Fsp3) is 0.571. The molecule has 5 nitrogen and oxygen atoms in total. The second-order valence-electron chi connectivity index (χ2n) is 5.58. The second kappa shape index (κ2) is 6.41. The smallest absolute Gasteiger partial charge is 0.140 e. The van der Waals surface area contributed by atoms with Crippen LogP contribution in [-0.4, -0.2) is 29.1 Å². The van der Waals surface area contributed by atoms with Gasteiger partial charge >= 0.3 is 0 Å². The molecule has 1 rings (SSSR count). The van der Waals surface area contributed by atoms with Crippen LogP contribution in [0.15, 0.2) is 23.5 Å². The molecule has 0 fully saturated rings. The first kappa shape index (κ1) is 15.3. The minimum Gasteiger partial charge on any atom is -0.409 e. The highest BCUT2D eigenvalue weighted by molar-refractivity contribution is 5.80. The van der Waals surface area contributed by atoms with Gasteiger partial charge < -0.3 is 15.8 Å². The van der Waals surface area contributed by atoms with Gasteiger partial charge in [0.1, 0.15) is 11.7 Å². The highest BCUT2D eigenvalue weighted by Crippen LogP contribution is 2.23. The van der Waals surface area contributed by atoms with Gasteiger partial charge in [-0.1, -0.05) is 32.0 Å². The van der Waals surface area contributed by atoms with E-state index in [1.807, 2.05) is 12.3 Å². The van der Waals surface area contributed by atoms with Crippen molar-refractivity contribution >= 4 is 11.7 Å². The normalized spacial score (nSPS) is 12.5. The molecule has 1 heterocycles. The molecule has 1 aromatic heterocycles. The van der Waals surface area contributed by atoms with Crippen molar-refractivity contribution in [3.8, 4) is 0 Å². The molecule has 3 N–H and O–H groups in total. The number of hydrogen-bond acceptors (Lipinski definition) is 4. The first-order valence-corrected chi connectivity index (χ1v) is 6.56. The monoisotopic (exact) mass is 264 g/mol. The second-order valence-corrected chi connectivity index (χ2v) is 5.58. The van der Waals surface area contributed by atoms with Crippen molar-refractivity contribution in [3.63, 3.8) is 0 Å². The third-order valence-corrected chi connectivity index (χ3v) is 3.09. The van der Waals surface area contributed by atoms with Crippen molar-refractivity contribution in [1.29, 1.82) is 0 Å². The first-order valence-electron chi connectivity index (χ1n) is 6.56. The Balaban J connectivity index is 2.77. The van der Waals surface area contributed by atoms with Gasteiger partial charge in [-0.25, -0.2) is 4.98 Å². The van der Waals surface area contributed by atoms with E-state index in [4.69, 9.17) is 10.9 Å². The number of pyridine rings is 1. The summed E-state index contributed by atoms with van der Waals surface area (Å²) in [5.41, 5.74) is 6.81. The number of aromatic nitrogens is 1. The molecule has 19 heavy (non-hydrogen) atoms. The van der Waals surface area contributed by atoms with E-state index in [-0.39, 0.29) is 11.3 Å². The molecule has 0 radical (unpaired) electrons. The molecule has 0 saturated carbocycles. The zero-order valence-electron chi connectivity index (χ0n) is 12.2. The molecule has 0 aliphatic carbocycles. The largest absolute Gasteiger partial charge is 0.409 e. The summed E-state index contributed by atoms with van der Waals surface area (Å²) in [5.74, 6) is 1.16. The summed E-state index contributed by atoms with van der Waals surface area (Å²) in [4.78, 5) is 6.60. The highest BCUT2D eigenvalue weighted by Gasteiger charge is 2.14. The maximum absolute atomic E-state index is 8.55. The van der Waals surface area contributed by atoms with Crippen LogP contribution in [0.2, 0.25) is 0 Å². The van der Waals surface area contributed by atoms with Gasteiger partial charge in [0.05, 0.1) is 0 Å². The van der Waals surface area contributed by atoms with Gasteiger partial charge in [-0.15, -0.1) is 0 Å². The minimum absolute atomic E-state index is 0.108. The number of nitrogens with zero attached hydrogens (tertiary/aromatic N) is 3. The van der Waals surface area contributed by atoms with Crippen LogP contribution < -0.4 is 10.6 Å². The van der Waals surface area contributed by atoms with Crippen LogP contribution in [0.1, 0.15) is 39.7 Å². The maximum atomic E-state index is 8.55. The number of anilines is 1. The van der Waals surface area contributed by atoms with Crippen molar-refractivity contribution in [3.05, 3.63) is 23.9 Å². The van der Waals surface area contributed by atoms with Crippen LogP contribution in [-0.2, 0) is 5.41 Å². The van der Waals surface area contributed by atoms with E-state index in [1.165, 1.54) is 5.56 Å². The van der Waals surface area contributed by atoms with E-state index in [2.05, 4.69) is 48.8 Å². The van der Waals surface area contributed by atoms with E-state index in [9.17, 15) is 0 Å². The van der Waals surface area contributed by atoms with E-state index in [0.29, 0.717) is 13.0 Å². The summed E-state index contributed by atoms with van der Waals surface area (Å²) in [5, 5.41) is 11.5. The lowest BCUT2D eigenvalue weighted by molar-refractivity contribution is 0.317. The predicted octanol–water partition coefficient (Wildman–Crippen LogP) is 2.34. The zero-order valence-corrected chi connectivity index (χ0v) is 12.2. The van der Waals surface area contributed by atoms with E-state index in [1.54, 1.807) is 0 Å². The molecule has 106 valence electrons. The van der Waals surface area contributed by atoms with Crippen molar-refractivity contribution in [2.45, 2.75) is 39.5 Å². The van der Waals surface area contributed by atoms with Crippen LogP contribution in [0.4, 0.5) is 5.82 Å². The number of nitrogens with two attached hydrogens (primary N) is 1. The van der Waals surface area contributed by atoms with Gasteiger partial charge in [0, 0.05) is 25.7 Å². The molecular weight excluding hydrogens is 240 g/mol. The lowest BCUT2D eigenvalue weighted by atomic mass is 9.88. The summed E-state index contributed by atoms with van der Waals surface area (Å²) in [6.07, 6.45) is 2.44. The summed E-state index contributed by atoms with van der Waals surface area (Å²) in [7, 11) is 0. The molecule has 5 heteroatoms. The quantitative estimate of drug-likeness (QED) is 0.370. The molecule has 0 amide bonds. The van der Waals surface area contributed by atoms with Gasteiger partial charge in [0.2, 0.25) is 0 Å². The minimum atomic E-state index is 0.108. The Labute approximate surface area is 115 Å². The van der Waals surface area contributed by atoms with Gasteiger partial charge in [-0.3, -0.25) is 0 Å².